The van der Waals surface area contributed by atoms with Crippen molar-refractivity contribution in [1.29, 1.82) is 0 Å². The fourth-order valence-corrected chi connectivity index (χ4v) is 2.36. The van der Waals surface area contributed by atoms with Crippen molar-refractivity contribution >= 4 is 17.2 Å². The van der Waals surface area contributed by atoms with Gasteiger partial charge >= 0.3 is 0 Å². The molecule has 0 fully saturated rings. The Labute approximate surface area is 110 Å². The third-order valence-corrected chi connectivity index (χ3v) is 3.81. The van der Waals surface area contributed by atoms with Crippen molar-refractivity contribution in [3.63, 3.8) is 0 Å². The van der Waals surface area contributed by atoms with E-state index in [4.69, 9.17) is 0 Å². The van der Waals surface area contributed by atoms with Gasteiger partial charge in [-0.3, -0.25) is 9.78 Å². The first kappa shape index (κ1) is 12.7. The van der Waals surface area contributed by atoms with Crippen LogP contribution < -0.4 is 0 Å². The molecule has 5 heteroatoms. The highest BCUT2D eigenvalue weighted by Gasteiger charge is 2.19. The van der Waals surface area contributed by atoms with Gasteiger partial charge in [-0.1, -0.05) is 6.07 Å². The Kier molecular flexibility index (Phi) is 4.04. The second-order valence-corrected chi connectivity index (χ2v) is 5.02. The first-order chi connectivity index (χ1) is 8.68. The van der Waals surface area contributed by atoms with Crippen molar-refractivity contribution in [2.45, 2.75) is 19.4 Å². The van der Waals surface area contributed by atoms with Gasteiger partial charge in [0.15, 0.2) is 0 Å². The predicted molar refractivity (Wildman–Crippen MR) is 71.2 cm³/mol. The molecule has 0 saturated carbocycles. The van der Waals surface area contributed by atoms with Gasteiger partial charge in [-0.25, -0.2) is 4.98 Å². The van der Waals surface area contributed by atoms with Gasteiger partial charge in [0.25, 0.3) is 0 Å². The average Bonchev–Trinajstić information content (AvgIpc) is 2.92. The third-order valence-electron chi connectivity index (χ3n) is 2.86. The maximum Gasteiger partial charge on any atom is 0.227 e. The summed E-state index contributed by atoms with van der Waals surface area (Å²) in [6.07, 6.45) is 5.56. The maximum atomic E-state index is 12.1. The number of hydrogen-bond acceptors (Lipinski definition) is 4. The molecule has 0 N–H and O–H groups in total. The molecule has 94 valence electrons. The number of nitrogens with zero attached hydrogens (tertiary/aromatic N) is 3. The van der Waals surface area contributed by atoms with Crippen LogP contribution in [0.5, 0.6) is 0 Å². The summed E-state index contributed by atoms with van der Waals surface area (Å²) in [5.74, 6) is 0.0747. The van der Waals surface area contributed by atoms with Gasteiger partial charge in [0.05, 0.1) is 12.5 Å². The molecular weight excluding hydrogens is 246 g/mol. The topological polar surface area (TPSA) is 46.1 Å². The van der Waals surface area contributed by atoms with Crippen molar-refractivity contribution < 1.29 is 4.79 Å². The van der Waals surface area contributed by atoms with E-state index < -0.39 is 0 Å². The molecule has 0 aliphatic rings. The highest BCUT2D eigenvalue weighted by Crippen LogP contribution is 2.21. The number of amides is 1. The molecule has 18 heavy (non-hydrogen) atoms. The number of hydrogen-bond donors (Lipinski definition) is 0. The van der Waals surface area contributed by atoms with Gasteiger partial charge in [-0.15, -0.1) is 11.3 Å². The summed E-state index contributed by atoms with van der Waals surface area (Å²) in [4.78, 5) is 22.1. The minimum atomic E-state index is 0.00849. The van der Waals surface area contributed by atoms with Crippen LogP contribution in [0.4, 0.5) is 0 Å². The van der Waals surface area contributed by atoms with Gasteiger partial charge < -0.3 is 4.90 Å². The average molecular weight is 261 g/mol. The van der Waals surface area contributed by atoms with Crippen LogP contribution in [0.15, 0.2) is 36.1 Å². The number of carbonyl (C=O) groups is 1. The van der Waals surface area contributed by atoms with E-state index in [1.165, 1.54) is 0 Å². The van der Waals surface area contributed by atoms with E-state index in [0.29, 0.717) is 6.42 Å². The van der Waals surface area contributed by atoms with E-state index >= 15 is 0 Å². The highest BCUT2D eigenvalue weighted by molar-refractivity contribution is 7.09. The molecule has 2 rings (SSSR count). The Bertz CT molecular complexity index is 498. The number of rotatable bonds is 4. The van der Waals surface area contributed by atoms with Crippen molar-refractivity contribution in [2.24, 2.45) is 0 Å². The summed E-state index contributed by atoms with van der Waals surface area (Å²) in [6, 6.07) is 3.76. The molecule has 1 amide bonds. The highest BCUT2D eigenvalue weighted by atomic mass is 32.1. The summed E-state index contributed by atoms with van der Waals surface area (Å²) in [5, 5.41) is 2.88. The predicted octanol–water partition coefficient (Wildman–Crippen LogP) is 2.30. The molecule has 0 aliphatic carbocycles. The van der Waals surface area contributed by atoms with E-state index in [2.05, 4.69) is 9.97 Å². The molecule has 0 aromatic carbocycles. The summed E-state index contributed by atoms with van der Waals surface area (Å²) in [6.45, 7) is 1.99. The van der Waals surface area contributed by atoms with Crippen LogP contribution in [0.3, 0.4) is 0 Å². The second kappa shape index (κ2) is 5.73. The maximum absolute atomic E-state index is 12.1. The Morgan fingerprint density at radius 1 is 1.50 bits per heavy atom. The second-order valence-electron chi connectivity index (χ2n) is 4.09. The molecule has 2 aromatic rings. The molecule has 0 unspecified atom stereocenters. The van der Waals surface area contributed by atoms with Crippen molar-refractivity contribution in [1.82, 2.24) is 14.9 Å². The first-order valence-corrected chi connectivity index (χ1v) is 6.60. The Morgan fingerprint density at radius 2 is 2.33 bits per heavy atom. The van der Waals surface area contributed by atoms with E-state index in [1.54, 1.807) is 34.8 Å². The van der Waals surface area contributed by atoms with Crippen LogP contribution in [-0.2, 0) is 11.2 Å². The lowest BCUT2D eigenvalue weighted by atomic mass is 10.2. The van der Waals surface area contributed by atoms with Gasteiger partial charge in [-0.05, 0) is 18.6 Å². The van der Waals surface area contributed by atoms with Crippen LogP contribution in [-0.4, -0.2) is 27.8 Å². The molecule has 0 saturated heterocycles. The van der Waals surface area contributed by atoms with Crippen LogP contribution in [0.1, 0.15) is 23.5 Å². The molecule has 0 spiro atoms. The number of carbonyl (C=O) groups excluding carboxylic acids is 1. The third kappa shape index (κ3) is 2.92. The van der Waals surface area contributed by atoms with E-state index in [0.717, 1.165) is 10.6 Å². The summed E-state index contributed by atoms with van der Waals surface area (Å²) < 4.78 is 0. The van der Waals surface area contributed by atoms with Gasteiger partial charge in [0, 0.05) is 31.0 Å². The summed E-state index contributed by atoms with van der Waals surface area (Å²) in [7, 11) is 1.81. The monoisotopic (exact) mass is 261 g/mol. The van der Waals surface area contributed by atoms with Crippen LogP contribution >= 0.6 is 11.3 Å². The lowest BCUT2D eigenvalue weighted by Crippen LogP contribution is -2.30. The minimum Gasteiger partial charge on any atom is -0.336 e. The number of aromatic nitrogens is 2. The van der Waals surface area contributed by atoms with Crippen LogP contribution in [0, 0.1) is 0 Å². The molecule has 1 atom stereocenters. The Balaban J connectivity index is 2.01. The van der Waals surface area contributed by atoms with Gasteiger partial charge in [0.2, 0.25) is 5.91 Å². The SMILES string of the molecule is C[C@H](c1nccs1)N(C)C(=O)Cc1cccnc1. The first-order valence-electron chi connectivity index (χ1n) is 5.72. The standard InChI is InChI=1S/C13H15N3OS/c1-10(13-15-6-7-18-13)16(2)12(17)8-11-4-3-5-14-9-11/h3-7,9-10H,8H2,1-2H3/t10-/m1/s1. The zero-order chi connectivity index (χ0) is 13.0. The smallest absolute Gasteiger partial charge is 0.227 e. The van der Waals surface area contributed by atoms with Crippen molar-refractivity contribution in [3.05, 3.63) is 46.7 Å². The fourth-order valence-electron chi connectivity index (χ4n) is 1.62. The molecule has 0 aliphatic heterocycles. The lowest BCUT2D eigenvalue weighted by molar-refractivity contribution is -0.131. The molecule has 0 bridgehead atoms. The molecule has 2 heterocycles. The number of thiazole rings is 1. The number of pyridine rings is 1. The Morgan fingerprint density at radius 3 is 2.94 bits per heavy atom. The number of likely N-dealkylation sites (N-methyl/N-ethyl adjacent to an activating group) is 1. The lowest BCUT2D eigenvalue weighted by Gasteiger charge is -2.23. The Hall–Kier alpha value is -1.75. The quantitative estimate of drug-likeness (QED) is 0.848. The van der Waals surface area contributed by atoms with E-state index in [-0.39, 0.29) is 11.9 Å². The zero-order valence-corrected chi connectivity index (χ0v) is 11.2. The zero-order valence-electron chi connectivity index (χ0n) is 10.4. The van der Waals surface area contributed by atoms with Crippen LogP contribution in [0.25, 0.3) is 0 Å². The summed E-state index contributed by atoms with van der Waals surface area (Å²) >= 11 is 1.57. The molecular formula is C13H15N3OS. The normalized spacial score (nSPS) is 12.1. The van der Waals surface area contributed by atoms with E-state index in [1.807, 2.05) is 31.5 Å². The summed E-state index contributed by atoms with van der Waals surface area (Å²) in [5.41, 5.74) is 0.931. The molecule has 4 nitrogen and oxygen atoms in total. The van der Waals surface area contributed by atoms with E-state index in [9.17, 15) is 4.79 Å². The van der Waals surface area contributed by atoms with Gasteiger partial charge in [-0.2, -0.15) is 0 Å². The minimum absolute atomic E-state index is 0.00849. The van der Waals surface area contributed by atoms with Crippen LogP contribution in [0.2, 0.25) is 0 Å². The van der Waals surface area contributed by atoms with Gasteiger partial charge in [0.1, 0.15) is 5.01 Å². The largest absolute Gasteiger partial charge is 0.336 e. The van der Waals surface area contributed by atoms with Crippen molar-refractivity contribution in [3.8, 4) is 0 Å². The molecule has 2 aromatic heterocycles. The van der Waals surface area contributed by atoms with Crippen molar-refractivity contribution in [2.75, 3.05) is 7.05 Å². The fraction of sp³-hybridized carbons (Fsp3) is 0.308. The molecule has 0 radical (unpaired) electrons.